The molecule has 9 nitrogen and oxygen atoms in total. The predicted molar refractivity (Wildman–Crippen MR) is 145 cm³/mol. The van der Waals surface area contributed by atoms with Crippen LogP contribution in [-0.4, -0.2) is 57.4 Å². The van der Waals surface area contributed by atoms with E-state index in [0.717, 1.165) is 11.1 Å². The smallest absolute Gasteiger partial charge is 0.317 e. The highest BCUT2D eigenvalue weighted by Crippen LogP contribution is 2.44. The van der Waals surface area contributed by atoms with E-state index in [9.17, 15) is 19.6 Å². The second-order valence-corrected chi connectivity index (χ2v) is 9.90. The van der Waals surface area contributed by atoms with Crippen molar-refractivity contribution in [2.45, 2.75) is 24.5 Å². The van der Waals surface area contributed by atoms with Gasteiger partial charge in [0.1, 0.15) is 12.1 Å². The van der Waals surface area contributed by atoms with Crippen LogP contribution in [0.25, 0.3) is 22.0 Å². The summed E-state index contributed by atoms with van der Waals surface area (Å²) >= 11 is 0. The van der Waals surface area contributed by atoms with Gasteiger partial charge in [0.2, 0.25) is 0 Å². The highest BCUT2D eigenvalue weighted by atomic mass is 16.2. The van der Waals surface area contributed by atoms with Gasteiger partial charge in [-0.15, -0.1) is 0 Å². The molecule has 3 atom stereocenters. The molecule has 0 saturated carbocycles. The van der Waals surface area contributed by atoms with Gasteiger partial charge in [-0.3, -0.25) is 9.78 Å². The van der Waals surface area contributed by atoms with E-state index in [1.165, 1.54) is 4.90 Å². The van der Waals surface area contributed by atoms with Crippen LogP contribution in [0.4, 0.5) is 21.0 Å². The maximum Gasteiger partial charge on any atom is 0.332 e. The molecule has 4 heterocycles. The molecule has 3 fully saturated rings. The highest BCUT2D eigenvalue weighted by Gasteiger charge is 2.63. The quantitative estimate of drug-likeness (QED) is 0.402. The molecule has 0 aliphatic carbocycles. The number of para-hydroxylation sites is 1. The third-order valence-corrected chi connectivity index (χ3v) is 7.89. The SMILES string of the molecule is N#Cc1ccc(N2C(=O)[C@@H]3C4C[C@H](CN4C(=O)Nc4ccccc4-c4ccccc4)N3C2=O)c2cccnc12. The van der Waals surface area contributed by atoms with Crippen LogP contribution in [0.15, 0.2) is 85.1 Å². The molecule has 0 radical (unpaired) electrons. The van der Waals surface area contributed by atoms with Crippen LogP contribution in [0.1, 0.15) is 12.0 Å². The Morgan fingerprint density at radius 2 is 1.77 bits per heavy atom. The number of amides is 5. The Hall–Kier alpha value is -5.23. The zero-order valence-electron chi connectivity index (χ0n) is 20.7. The average molecular weight is 515 g/mol. The number of piperazine rings is 1. The molecule has 7 rings (SSSR count). The Balaban J connectivity index is 1.18. The molecule has 3 saturated heterocycles. The van der Waals surface area contributed by atoms with Gasteiger partial charge in [-0.25, -0.2) is 14.5 Å². The fourth-order valence-corrected chi connectivity index (χ4v) is 6.20. The lowest BCUT2D eigenvalue weighted by atomic mass is 10.0. The van der Waals surface area contributed by atoms with Crippen molar-refractivity contribution in [1.29, 1.82) is 5.26 Å². The van der Waals surface area contributed by atoms with Gasteiger partial charge in [0.25, 0.3) is 5.91 Å². The number of likely N-dealkylation sites (tertiary alicyclic amines) is 1. The molecule has 2 bridgehead atoms. The summed E-state index contributed by atoms with van der Waals surface area (Å²) in [5.74, 6) is -0.371. The van der Waals surface area contributed by atoms with E-state index in [1.54, 1.807) is 40.3 Å². The Labute approximate surface area is 223 Å². The minimum Gasteiger partial charge on any atom is -0.317 e. The first kappa shape index (κ1) is 22.9. The summed E-state index contributed by atoms with van der Waals surface area (Å²) in [6, 6.07) is 24.1. The number of carbonyl (C=O) groups excluding carboxylic acids is 3. The van der Waals surface area contributed by atoms with Gasteiger partial charge in [-0.2, -0.15) is 5.26 Å². The number of imide groups is 1. The second kappa shape index (κ2) is 8.67. The summed E-state index contributed by atoms with van der Waals surface area (Å²) in [4.78, 5) is 49.7. The number of benzene rings is 3. The summed E-state index contributed by atoms with van der Waals surface area (Å²) in [6.07, 6.45) is 2.13. The Bertz CT molecular complexity index is 1720. The fraction of sp³-hybridized carbons (Fsp3) is 0.167. The van der Waals surface area contributed by atoms with E-state index < -0.39 is 18.1 Å². The molecule has 4 aromatic rings. The predicted octanol–water partition coefficient (Wildman–Crippen LogP) is 4.60. The number of nitriles is 1. The monoisotopic (exact) mass is 514 g/mol. The van der Waals surface area contributed by atoms with Crippen LogP contribution < -0.4 is 10.2 Å². The lowest BCUT2D eigenvalue weighted by Crippen LogP contribution is -2.55. The average Bonchev–Trinajstić information content (AvgIpc) is 3.64. The molecule has 1 unspecified atom stereocenters. The van der Waals surface area contributed by atoms with E-state index >= 15 is 0 Å². The number of aromatic nitrogens is 1. The molecule has 39 heavy (non-hydrogen) atoms. The number of hydrogen-bond acceptors (Lipinski definition) is 5. The summed E-state index contributed by atoms with van der Waals surface area (Å²) in [5, 5.41) is 13.1. The molecule has 0 spiro atoms. The minimum absolute atomic E-state index is 0.251. The maximum atomic E-state index is 13.8. The van der Waals surface area contributed by atoms with Crippen LogP contribution in [0, 0.1) is 11.3 Å². The number of carbonyl (C=O) groups is 3. The van der Waals surface area contributed by atoms with E-state index in [-0.39, 0.29) is 18.0 Å². The van der Waals surface area contributed by atoms with Crippen molar-refractivity contribution in [2.24, 2.45) is 0 Å². The van der Waals surface area contributed by atoms with E-state index in [1.807, 2.05) is 54.6 Å². The maximum absolute atomic E-state index is 13.8. The molecular weight excluding hydrogens is 492 g/mol. The van der Waals surface area contributed by atoms with E-state index in [4.69, 9.17) is 0 Å². The van der Waals surface area contributed by atoms with Crippen molar-refractivity contribution in [3.63, 3.8) is 0 Å². The number of nitrogens with one attached hydrogen (secondary N) is 1. The van der Waals surface area contributed by atoms with Crippen molar-refractivity contribution < 1.29 is 14.4 Å². The number of rotatable bonds is 3. The third kappa shape index (κ3) is 3.38. The lowest BCUT2D eigenvalue weighted by molar-refractivity contribution is -0.120. The summed E-state index contributed by atoms with van der Waals surface area (Å²) < 4.78 is 0. The first-order valence-electron chi connectivity index (χ1n) is 12.7. The van der Waals surface area contributed by atoms with Crippen molar-refractivity contribution in [3.05, 3.63) is 90.6 Å². The van der Waals surface area contributed by atoms with Gasteiger partial charge in [-0.1, -0.05) is 48.5 Å². The number of anilines is 2. The zero-order valence-corrected chi connectivity index (χ0v) is 20.7. The normalized spacial score (nSPS) is 21.4. The van der Waals surface area contributed by atoms with Gasteiger partial charge in [-0.05, 0) is 42.3 Å². The third-order valence-electron chi connectivity index (χ3n) is 7.89. The Kier molecular flexibility index (Phi) is 5.10. The Morgan fingerprint density at radius 3 is 2.59 bits per heavy atom. The van der Waals surface area contributed by atoms with Crippen LogP contribution in [0.2, 0.25) is 0 Å². The molecule has 3 aromatic carbocycles. The molecule has 5 amide bonds. The second-order valence-electron chi connectivity index (χ2n) is 9.90. The molecule has 1 aromatic heterocycles. The van der Waals surface area contributed by atoms with Crippen molar-refractivity contribution in [2.75, 3.05) is 16.8 Å². The van der Waals surface area contributed by atoms with Crippen molar-refractivity contribution >= 4 is 40.2 Å². The van der Waals surface area contributed by atoms with Gasteiger partial charge < -0.3 is 15.1 Å². The van der Waals surface area contributed by atoms with Gasteiger partial charge in [0, 0.05) is 23.7 Å². The molecule has 190 valence electrons. The van der Waals surface area contributed by atoms with E-state index in [0.29, 0.717) is 40.8 Å². The zero-order chi connectivity index (χ0) is 26.7. The lowest BCUT2D eigenvalue weighted by Gasteiger charge is -2.35. The topological polar surface area (TPSA) is 110 Å². The number of pyridine rings is 1. The van der Waals surface area contributed by atoms with Crippen LogP contribution in [0.5, 0.6) is 0 Å². The summed E-state index contributed by atoms with van der Waals surface area (Å²) in [5.41, 5.74) is 3.77. The molecule has 3 aliphatic heterocycles. The standard InChI is InChI=1S/C30H22N6O3/c31-16-19-12-13-24(22-10-6-14-32-26(19)22)36-28(37)27-25-15-20(35(27)30(36)39)17-34(25)29(38)33-23-11-5-4-9-21(23)18-7-2-1-3-8-18/h1-14,20,25,27H,15,17H2,(H,33,38)/t20-,25?,27+/m1/s1. The minimum atomic E-state index is -0.756. The summed E-state index contributed by atoms with van der Waals surface area (Å²) in [6.45, 7) is 0.350. The first-order chi connectivity index (χ1) is 19.1. The van der Waals surface area contributed by atoms with Crippen molar-refractivity contribution in [1.82, 2.24) is 14.8 Å². The van der Waals surface area contributed by atoms with Gasteiger partial charge in [0.05, 0.1) is 34.5 Å². The largest absolute Gasteiger partial charge is 0.332 e. The molecule has 1 N–H and O–H groups in total. The molecular formula is C30H22N6O3. The van der Waals surface area contributed by atoms with Crippen LogP contribution in [-0.2, 0) is 4.79 Å². The van der Waals surface area contributed by atoms with E-state index in [2.05, 4.69) is 16.4 Å². The molecule has 3 aliphatic rings. The van der Waals surface area contributed by atoms with Crippen molar-refractivity contribution in [3.8, 4) is 17.2 Å². The van der Waals surface area contributed by atoms with Gasteiger partial charge in [0.15, 0.2) is 0 Å². The summed E-state index contributed by atoms with van der Waals surface area (Å²) in [7, 11) is 0. The molecule has 9 heteroatoms. The number of nitrogens with zero attached hydrogens (tertiary/aromatic N) is 5. The number of fused-ring (bicyclic) bond motifs is 6. The number of urea groups is 2. The van der Waals surface area contributed by atoms with Crippen LogP contribution in [0.3, 0.4) is 0 Å². The van der Waals surface area contributed by atoms with Gasteiger partial charge >= 0.3 is 12.1 Å². The number of hydrogen-bond donors (Lipinski definition) is 1. The van der Waals surface area contributed by atoms with Crippen LogP contribution >= 0.6 is 0 Å². The Morgan fingerprint density at radius 1 is 0.974 bits per heavy atom. The highest BCUT2D eigenvalue weighted by molar-refractivity contribution is 6.25. The fourth-order valence-electron chi connectivity index (χ4n) is 6.20. The first-order valence-corrected chi connectivity index (χ1v) is 12.7.